The molecule has 0 spiro atoms. The number of carbonyl (C=O) groups excluding carboxylic acids is 1. The van der Waals surface area contributed by atoms with Crippen LogP contribution in [0.15, 0.2) is 51.6 Å². The molecule has 0 N–H and O–H groups in total. The van der Waals surface area contributed by atoms with Gasteiger partial charge in [0.25, 0.3) is 0 Å². The van der Waals surface area contributed by atoms with Crippen molar-refractivity contribution < 1.29 is 23.2 Å². The Morgan fingerprint density at radius 2 is 2.04 bits per heavy atom. The lowest BCUT2D eigenvalue weighted by Gasteiger charge is -2.10. The summed E-state index contributed by atoms with van der Waals surface area (Å²) in [6.07, 6.45) is 1.54. The van der Waals surface area contributed by atoms with E-state index in [1.54, 1.807) is 24.5 Å². The van der Waals surface area contributed by atoms with E-state index in [-0.39, 0.29) is 13.2 Å². The standard InChI is InChI=1S/C18H17NO5/c1-12-5-3-6-15(13(12)2)22-11-18(20)23-10-14-9-17(24-19-14)16-7-4-8-21-16/h3-9H,10-11H2,1-2H3. The molecule has 3 aromatic rings. The van der Waals surface area contributed by atoms with Crippen molar-refractivity contribution >= 4 is 5.97 Å². The van der Waals surface area contributed by atoms with Crippen LogP contribution in [0, 0.1) is 13.8 Å². The van der Waals surface area contributed by atoms with Gasteiger partial charge in [-0.25, -0.2) is 4.79 Å². The van der Waals surface area contributed by atoms with E-state index in [4.69, 9.17) is 18.4 Å². The summed E-state index contributed by atoms with van der Waals surface area (Å²) in [6, 6.07) is 10.9. The number of carbonyl (C=O) groups is 1. The van der Waals surface area contributed by atoms with Gasteiger partial charge < -0.3 is 18.4 Å². The first-order valence-electron chi connectivity index (χ1n) is 7.47. The van der Waals surface area contributed by atoms with Gasteiger partial charge in [0.15, 0.2) is 12.4 Å². The molecular weight excluding hydrogens is 310 g/mol. The summed E-state index contributed by atoms with van der Waals surface area (Å²) in [5.74, 6) is 1.25. The van der Waals surface area contributed by atoms with Crippen molar-refractivity contribution in [2.45, 2.75) is 20.5 Å². The number of furan rings is 1. The molecule has 0 bridgehead atoms. The molecule has 1 aromatic carbocycles. The normalized spacial score (nSPS) is 10.6. The molecule has 6 heteroatoms. The molecule has 0 saturated carbocycles. The Morgan fingerprint density at radius 1 is 1.17 bits per heavy atom. The molecule has 24 heavy (non-hydrogen) atoms. The van der Waals surface area contributed by atoms with Gasteiger partial charge in [0, 0.05) is 6.07 Å². The second kappa shape index (κ2) is 7.04. The van der Waals surface area contributed by atoms with Gasteiger partial charge in [0.1, 0.15) is 18.1 Å². The predicted octanol–water partition coefficient (Wildman–Crippen LogP) is 3.67. The van der Waals surface area contributed by atoms with E-state index in [9.17, 15) is 4.79 Å². The maximum atomic E-state index is 11.8. The molecule has 124 valence electrons. The molecule has 0 unspecified atom stereocenters. The zero-order valence-corrected chi connectivity index (χ0v) is 13.4. The summed E-state index contributed by atoms with van der Waals surface area (Å²) in [7, 11) is 0. The topological polar surface area (TPSA) is 74.7 Å². The molecule has 6 nitrogen and oxygen atoms in total. The fourth-order valence-corrected chi connectivity index (χ4v) is 2.13. The lowest BCUT2D eigenvalue weighted by molar-refractivity contribution is -0.147. The van der Waals surface area contributed by atoms with Crippen LogP contribution < -0.4 is 4.74 Å². The van der Waals surface area contributed by atoms with Gasteiger partial charge in [-0.3, -0.25) is 0 Å². The Balaban J connectivity index is 1.50. The highest BCUT2D eigenvalue weighted by molar-refractivity contribution is 5.71. The molecule has 0 saturated heterocycles. The van der Waals surface area contributed by atoms with Crippen LogP contribution in [0.2, 0.25) is 0 Å². The predicted molar refractivity (Wildman–Crippen MR) is 85.4 cm³/mol. The zero-order valence-electron chi connectivity index (χ0n) is 13.4. The maximum Gasteiger partial charge on any atom is 0.344 e. The van der Waals surface area contributed by atoms with Crippen LogP contribution in [-0.2, 0) is 16.1 Å². The van der Waals surface area contributed by atoms with Crippen LogP contribution >= 0.6 is 0 Å². The number of hydrogen-bond donors (Lipinski definition) is 0. The fraction of sp³-hybridized carbons (Fsp3) is 0.222. The molecule has 3 rings (SSSR count). The van der Waals surface area contributed by atoms with Gasteiger partial charge in [-0.2, -0.15) is 0 Å². The quantitative estimate of drug-likeness (QED) is 0.643. The second-order valence-corrected chi connectivity index (χ2v) is 5.31. The molecule has 0 amide bonds. The first-order valence-corrected chi connectivity index (χ1v) is 7.47. The summed E-state index contributed by atoms with van der Waals surface area (Å²) in [5.41, 5.74) is 2.61. The van der Waals surface area contributed by atoms with Crippen LogP contribution in [0.4, 0.5) is 0 Å². The Kier molecular flexibility index (Phi) is 4.65. The van der Waals surface area contributed by atoms with Gasteiger partial charge in [-0.1, -0.05) is 17.3 Å². The smallest absolute Gasteiger partial charge is 0.344 e. The average molecular weight is 327 g/mol. The number of aryl methyl sites for hydroxylation is 1. The molecule has 0 atom stereocenters. The summed E-state index contributed by atoms with van der Waals surface area (Å²) in [4.78, 5) is 11.8. The molecule has 0 radical (unpaired) electrons. The minimum atomic E-state index is -0.474. The van der Waals surface area contributed by atoms with E-state index in [1.165, 1.54) is 0 Å². The van der Waals surface area contributed by atoms with Crippen molar-refractivity contribution in [3.63, 3.8) is 0 Å². The minimum Gasteiger partial charge on any atom is -0.482 e. The van der Waals surface area contributed by atoms with Crippen molar-refractivity contribution in [2.24, 2.45) is 0 Å². The highest BCUT2D eigenvalue weighted by Gasteiger charge is 2.12. The summed E-state index contributed by atoms with van der Waals surface area (Å²) < 4.78 is 21.0. The van der Waals surface area contributed by atoms with Gasteiger partial charge in [-0.05, 0) is 43.2 Å². The van der Waals surface area contributed by atoms with Crippen molar-refractivity contribution in [3.8, 4) is 17.3 Å². The highest BCUT2D eigenvalue weighted by Crippen LogP contribution is 2.21. The van der Waals surface area contributed by atoms with Gasteiger partial charge >= 0.3 is 5.97 Å². The summed E-state index contributed by atoms with van der Waals surface area (Å²) in [5, 5.41) is 3.84. The van der Waals surface area contributed by atoms with Crippen molar-refractivity contribution in [2.75, 3.05) is 6.61 Å². The van der Waals surface area contributed by atoms with Crippen LogP contribution in [0.1, 0.15) is 16.8 Å². The van der Waals surface area contributed by atoms with E-state index in [0.717, 1.165) is 11.1 Å². The van der Waals surface area contributed by atoms with E-state index in [1.807, 2.05) is 32.0 Å². The Hall–Kier alpha value is -3.02. The molecule has 2 heterocycles. The number of nitrogens with zero attached hydrogens (tertiary/aromatic N) is 1. The Labute approximate surface area is 139 Å². The number of hydrogen-bond acceptors (Lipinski definition) is 6. The third kappa shape index (κ3) is 3.65. The Bertz CT molecular complexity index is 820. The second-order valence-electron chi connectivity index (χ2n) is 5.31. The molecular formula is C18H17NO5. The molecule has 0 aliphatic carbocycles. The van der Waals surface area contributed by atoms with Crippen LogP contribution in [0.3, 0.4) is 0 Å². The minimum absolute atomic E-state index is 0.0131. The number of esters is 1. The lowest BCUT2D eigenvalue weighted by atomic mass is 10.1. The summed E-state index contributed by atoms with van der Waals surface area (Å²) >= 11 is 0. The molecule has 2 aromatic heterocycles. The zero-order chi connectivity index (χ0) is 16.9. The van der Waals surface area contributed by atoms with Gasteiger partial charge in [-0.15, -0.1) is 0 Å². The maximum absolute atomic E-state index is 11.8. The van der Waals surface area contributed by atoms with E-state index >= 15 is 0 Å². The number of aromatic nitrogens is 1. The molecule has 0 fully saturated rings. The number of benzene rings is 1. The van der Waals surface area contributed by atoms with Crippen LogP contribution in [0.5, 0.6) is 5.75 Å². The highest BCUT2D eigenvalue weighted by atomic mass is 16.6. The lowest BCUT2D eigenvalue weighted by Crippen LogP contribution is -2.15. The third-order valence-electron chi connectivity index (χ3n) is 3.60. The molecule has 0 aliphatic rings. The fourth-order valence-electron chi connectivity index (χ4n) is 2.13. The van der Waals surface area contributed by atoms with Crippen molar-refractivity contribution in [3.05, 3.63) is 59.5 Å². The summed E-state index contributed by atoms with van der Waals surface area (Å²) in [6.45, 7) is 3.79. The van der Waals surface area contributed by atoms with Gasteiger partial charge in [0.2, 0.25) is 5.76 Å². The Morgan fingerprint density at radius 3 is 2.83 bits per heavy atom. The van der Waals surface area contributed by atoms with E-state index in [2.05, 4.69) is 5.16 Å². The monoisotopic (exact) mass is 327 g/mol. The van der Waals surface area contributed by atoms with E-state index < -0.39 is 5.97 Å². The third-order valence-corrected chi connectivity index (χ3v) is 3.60. The van der Waals surface area contributed by atoms with Crippen molar-refractivity contribution in [1.29, 1.82) is 0 Å². The van der Waals surface area contributed by atoms with Crippen molar-refractivity contribution in [1.82, 2.24) is 5.16 Å². The first kappa shape index (κ1) is 15.9. The largest absolute Gasteiger partial charge is 0.482 e. The average Bonchev–Trinajstić information content (AvgIpc) is 3.25. The molecule has 0 aliphatic heterocycles. The van der Waals surface area contributed by atoms with Gasteiger partial charge in [0.05, 0.1) is 6.26 Å². The van der Waals surface area contributed by atoms with Crippen LogP contribution in [-0.4, -0.2) is 17.7 Å². The van der Waals surface area contributed by atoms with E-state index in [0.29, 0.717) is 23.0 Å². The number of ether oxygens (including phenoxy) is 2. The first-order chi connectivity index (χ1) is 11.6. The van der Waals surface area contributed by atoms with Crippen LogP contribution in [0.25, 0.3) is 11.5 Å². The number of rotatable bonds is 6. The SMILES string of the molecule is Cc1cccc(OCC(=O)OCc2cc(-c3ccco3)on2)c1C.